The first-order chi connectivity index (χ1) is 18.4. The lowest BCUT2D eigenvalue weighted by Crippen LogP contribution is -2.46. The van der Waals surface area contributed by atoms with E-state index >= 15 is 0 Å². The maximum absolute atomic E-state index is 13.5. The van der Waals surface area contributed by atoms with Crippen molar-refractivity contribution in [1.29, 1.82) is 0 Å². The third-order valence-electron chi connectivity index (χ3n) is 8.65. The molecule has 2 rings (SSSR count). The summed E-state index contributed by atoms with van der Waals surface area (Å²) in [6.45, 7) is 16.1. The molecule has 0 radical (unpaired) electrons. The molecule has 0 amide bonds. The van der Waals surface area contributed by atoms with E-state index in [0.717, 1.165) is 31.1 Å². The summed E-state index contributed by atoms with van der Waals surface area (Å²) in [6.07, 6.45) is 5.91. The number of hydrogen-bond donors (Lipinski definition) is 0. The van der Waals surface area contributed by atoms with Gasteiger partial charge in [0, 0.05) is 5.56 Å². The van der Waals surface area contributed by atoms with Crippen LogP contribution in [0.4, 0.5) is 22.0 Å². The first kappa shape index (κ1) is 34.3. The minimum Gasteiger partial charge on any atom is -0.487 e. The molecule has 0 aliphatic carbocycles. The lowest BCUT2D eigenvalue weighted by Gasteiger charge is -2.38. The lowest BCUT2D eigenvalue weighted by atomic mass is 9.83. The normalized spacial score (nSPS) is 19.2. The van der Waals surface area contributed by atoms with Crippen molar-refractivity contribution in [3.63, 3.8) is 0 Å². The SMILES string of the molecule is Cc1c(C)c2c(c(C)c1OC(=O)C(F)(F)C(F)(F)F)CCC(C)(CCCC(C)CCCC(C)CCCC(C)C)O2. The highest BCUT2D eigenvalue weighted by Crippen LogP contribution is 2.46. The van der Waals surface area contributed by atoms with E-state index in [1.807, 2.05) is 0 Å². The fraction of sp³-hybridized carbons (Fsp3) is 0.781. The van der Waals surface area contributed by atoms with Gasteiger partial charge in [0.15, 0.2) is 0 Å². The van der Waals surface area contributed by atoms with Gasteiger partial charge in [-0.05, 0) is 87.8 Å². The van der Waals surface area contributed by atoms with Crippen molar-refractivity contribution >= 4 is 5.97 Å². The Balaban J connectivity index is 1.95. The summed E-state index contributed by atoms with van der Waals surface area (Å²) < 4.78 is 76.2. The number of rotatable bonds is 14. The Bertz CT molecular complexity index is 1000. The summed E-state index contributed by atoms with van der Waals surface area (Å²) >= 11 is 0. The number of halogens is 5. The number of ether oxygens (including phenoxy) is 2. The van der Waals surface area contributed by atoms with Crippen molar-refractivity contribution in [2.45, 2.75) is 144 Å². The molecule has 3 nitrogen and oxygen atoms in total. The molecule has 1 aromatic rings. The summed E-state index contributed by atoms with van der Waals surface area (Å²) in [5, 5.41) is 0. The third kappa shape index (κ3) is 8.82. The molecule has 0 N–H and O–H groups in total. The first-order valence-corrected chi connectivity index (χ1v) is 14.9. The zero-order chi connectivity index (χ0) is 30.5. The maximum Gasteiger partial charge on any atom is 0.465 e. The highest BCUT2D eigenvalue weighted by Gasteiger charge is 2.65. The summed E-state index contributed by atoms with van der Waals surface area (Å²) in [4.78, 5) is 11.8. The van der Waals surface area contributed by atoms with Crippen molar-refractivity contribution < 1.29 is 36.2 Å². The Morgan fingerprint density at radius 3 is 1.90 bits per heavy atom. The zero-order valence-corrected chi connectivity index (χ0v) is 25.6. The molecule has 0 spiro atoms. The Kier molecular flexibility index (Phi) is 11.9. The minimum atomic E-state index is -6.02. The van der Waals surface area contributed by atoms with Crippen molar-refractivity contribution in [2.24, 2.45) is 17.8 Å². The maximum atomic E-state index is 13.5. The predicted molar refractivity (Wildman–Crippen MR) is 149 cm³/mol. The second-order valence-electron chi connectivity index (χ2n) is 12.9. The Morgan fingerprint density at radius 1 is 0.850 bits per heavy atom. The molecule has 1 aliphatic rings. The van der Waals surface area contributed by atoms with Gasteiger partial charge in [-0.2, -0.15) is 22.0 Å². The van der Waals surface area contributed by atoms with Gasteiger partial charge in [-0.25, -0.2) is 4.79 Å². The number of fused-ring (bicyclic) bond motifs is 1. The van der Waals surface area contributed by atoms with Gasteiger partial charge in [-0.15, -0.1) is 0 Å². The summed E-state index contributed by atoms with van der Waals surface area (Å²) in [5.74, 6) is -5.65. The Labute approximate surface area is 237 Å². The average Bonchev–Trinajstić information content (AvgIpc) is 2.84. The van der Waals surface area contributed by atoms with Gasteiger partial charge in [0.25, 0.3) is 0 Å². The first-order valence-electron chi connectivity index (χ1n) is 14.9. The second kappa shape index (κ2) is 13.9. The molecule has 3 unspecified atom stereocenters. The lowest BCUT2D eigenvalue weighted by molar-refractivity contribution is -0.276. The van der Waals surface area contributed by atoms with Crippen LogP contribution in [-0.2, 0) is 11.2 Å². The number of carbonyl (C=O) groups excluding carboxylic acids is 1. The molecule has 3 atom stereocenters. The van der Waals surface area contributed by atoms with Crippen LogP contribution in [0, 0.1) is 38.5 Å². The van der Waals surface area contributed by atoms with Gasteiger partial charge < -0.3 is 9.47 Å². The van der Waals surface area contributed by atoms with Crippen LogP contribution in [0.1, 0.15) is 121 Å². The van der Waals surface area contributed by atoms with Gasteiger partial charge in [-0.3, -0.25) is 0 Å². The van der Waals surface area contributed by atoms with Crippen LogP contribution in [0.3, 0.4) is 0 Å². The van der Waals surface area contributed by atoms with Gasteiger partial charge in [0.1, 0.15) is 17.1 Å². The van der Waals surface area contributed by atoms with E-state index in [0.29, 0.717) is 46.8 Å². The van der Waals surface area contributed by atoms with Crippen LogP contribution in [-0.4, -0.2) is 23.7 Å². The molecule has 40 heavy (non-hydrogen) atoms. The number of benzene rings is 1. The standard InChI is InChI=1S/C32H49F5O3/c1-20(2)12-9-13-21(3)14-10-15-22(4)16-11-18-30(8)19-17-26-25(7)27(23(5)24(6)28(26)40-30)39-29(38)31(33,34)32(35,36)37/h20-22H,9-19H2,1-8H3. The number of carbonyl (C=O) groups is 1. The van der Waals surface area contributed by atoms with Crippen LogP contribution in [0.2, 0.25) is 0 Å². The molecule has 0 saturated heterocycles. The predicted octanol–water partition coefficient (Wildman–Crippen LogP) is 10.2. The third-order valence-corrected chi connectivity index (χ3v) is 8.65. The molecule has 230 valence electrons. The molecular formula is C32H49F5O3. The molecule has 8 heteroatoms. The molecular weight excluding hydrogens is 527 g/mol. The quantitative estimate of drug-likeness (QED) is 0.126. The highest BCUT2D eigenvalue weighted by molar-refractivity contribution is 5.82. The molecule has 1 aromatic carbocycles. The van der Waals surface area contributed by atoms with E-state index in [1.165, 1.54) is 38.5 Å². The molecule has 0 saturated carbocycles. The van der Waals surface area contributed by atoms with Crippen molar-refractivity contribution in [3.05, 3.63) is 22.3 Å². The Hall–Kier alpha value is -1.86. The van der Waals surface area contributed by atoms with Crippen molar-refractivity contribution in [3.8, 4) is 11.5 Å². The van der Waals surface area contributed by atoms with Gasteiger partial charge in [-0.1, -0.05) is 72.6 Å². The van der Waals surface area contributed by atoms with Crippen molar-refractivity contribution in [1.82, 2.24) is 0 Å². The Morgan fingerprint density at radius 2 is 1.38 bits per heavy atom. The fourth-order valence-corrected chi connectivity index (χ4v) is 5.69. The summed E-state index contributed by atoms with van der Waals surface area (Å²) in [6, 6.07) is 0. The molecule has 1 aliphatic heterocycles. The number of esters is 1. The zero-order valence-electron chi connectivity index (χ0n) is 25.6. The number of hydrogen-bond acceptors (Lipinski definition) is 3. The minimum absolute atomic E-state index is 0.250. The van der Waals surface area contributed by atoms with Crippen LogP contribution in [0.15, 0.2) is 0 Å². The number of alkyl halides is 5. The van der Waals surface area contributed by atoms with E-state index in [-0.39, 0.29) is 5.75 Å². The van der Waals surface area contributed by atoms with E-state index in [1.54, 1.807) is 20.8 Å². The highest BCUT2D eigenvalue weighted by atomic mass is 19.4. The van der Waals surface area contributed by atoms with E-state index in [4.69, 9.17) is 4.74 Å². The smallest absolute Gasteiger partial charge is 0.465 e. The summed E-state index contributed by atoms with van der Waals surface area (Å²) in [7, 11) is 0. The van der Waals surface area contributed by atoms with E-state index in [2.05, 4.69) is 39.4 Å². The molecule has 1 heterocycles. The van der Waals surface area contributed by atoms with Crippen LogP contribution >= 0.6 is 0 Å². The van der Waals surface area contributed by atoms with Crippen LogP contribution in [0.5, 0.6) is 11.5 Å². The molecule has 0 bridgehead atoms. The second-order valence-corrected chi connectivity index (χ2v) is 12.9. The van der Waals surface area contributed by atoms with E-state index in [9.17, 15) is 26.7 Å². The van der Waals surface area contributed by atoms with Crippen molar-refractivity contribution in [2.75, 3.05) is 0 Å². The molecule has 0 fully saturated rings. The average molecular weight is 577 g/mol. The van der Waals surface area contributed by atoms with Crippen LogP contribution in [0.25, 0.3) is 0 Å². The summed E-state index contributed by atoms with van der Waals surface area (Å²) in [5.41, 5.74) is 1.55. The largest absolute Gasteiger partial charge is 0.487 e. The molecule has 0 aromatic heterocycles. The van der Waals surface area contributed by atoms with Gasteiger partial charge >= 0.3 is 18.1 Å². The fourth-order valence-electron chi connectivity index (χ4n) is 5.69. The monoisotopic (exact) mass is 576 g/mol. The van der Waals surface area contributed by atoms with Gasteiger partial charge in [0.2, 0.25) is 0 Å². The topological polar surface area (TPSA) is 35.5 Å². The van der Waals surface area contributed by atoms with E-state index < -0.39 is 23.7 Å². The van der Waals surface area contributed by atoms with Gasteiger partial charge in [0.05, 0.1) is 0 Å². The van der Waals surface area contributed by atoms with Crippen LogP contribution < -0.4 is 9.47 Å².